The highest BCUT2D eigenvalue weighted by Crippen LogP contribution is 2.23. The minimum atomic E-state index is -0.553. The normalized spacial score (nSPS) is 17.9. The molecule has 1 aromatic heterocycles. The van der Waals surface area contributed by atoms with Gasteiger partial charge < -0.3 is 19.8 Å². The predicted octanol–water partition coefficient (Wildman–Crippen LogP) is 2.94. The number of carbonyl (C=O) groups is 2. The fourth-order valence-electron chi connectivity index (χ4n) is 2.43. The molecule has 1 aliphatic heterocycles. The van der Waals surface area contributed by atoms with E-state index in [1.165, 1.54) is 18.0 Å². The Hall–Kier alpha value is -3.07. The fraction of sp³-hybridized carbons (Fsp3) is 0.263. The zero-order valence-corrected chi connectivity index (χ0v) is 16.3. The lowest BCUT2D eigenvalue weighted by molar-refractivity contribution is -0.122. The van der Waals surface area contributed by atoms with Gasteiger partial charge in [0.25, 0.3) is 0 Å². The molecule has 1 atom stereocenters. The van der Waals surface area contributed by atoms with Gasteiger partial charge in [-0.15, -0.1) is 5.10 Å². The summed E-state index contributed by atoms with van der Waals surface area (Å²) in [6, 6.07) is 10.7. The Bertz CT molecular complexity index is 905. The van der Waals surface area contributed by atoms with Gasteiger partial charge in [-0.25, -0.2) is 0 Å². The van der Waals surface area contributed by atoms with E-state index in [4.69, 9.17) is 9.15 Å². The van der Waals surface area contributed by atoms with Crippen LogP contribution in [-0.2, 0) is 9.59 Å². The van der Waals surface area contributed by atoms with Crippen molar-refractivity contribution in [3.05, 3.63) is 47.9 Å². The number of aryl methyl sites for hydroxylation is 1. The maximum Gasteiger partial charge on any atom is 0.240 e. The Labute approximate surface area is 166 Å². The van der Waals surface area contributed by atoms with E-state index in [1.807, 2.05) is 19.9 Å². The fourth-order valence-corrected chi connectivity index (χ4v) is 3.35. The molecule has 0 bridgehead atoms. The van der Waals surface area contributed by atoms with Crippen LogP contribution in [0.15, 0.2) is 51.0 Å². The zero-order chi connectivity index (χ0) is 19.9. The lowest BCUT2D eigenvalue weighted by Gasteiger charge is -2.08. The first-order chi connectivity index (χ1) is 13.5. The molecule has 2 amide bonds. The third-order valence-corrected chi connectivity index (χ3v) is 4.76. The molecule has 0 radical (unpaired) electrons. The number of anilines is 1. The minimum absolute atomic E-state index is 0.0316. The molecule has 1 aliphatic rings. The van der Waals surface area contributed by atoms with Crippen LogP contribution in [0.4, 0.5) is 5.69 Å². The Kier molecular flexibility index (Phi) is 6.49. The van der Waals surface area contributed by atoms with Gasteiger partial charge in [-0.3, -0.25) is 9.59 Å². The third kappa shape index (κ3) is 5.46. The number of amidine groups is 1. The predicted molar refractivity (Wildman–Crippen MR) is 109 cm³/mol. The van der Waals surface area contributed by atoms with Gasteiger partial charge in [0, 0.05) is 12.1 Å². The molecule has 2 heterocycles. The van der Waals surface area contributed by atoms with E-state index < -0.39 is 5.25 Å². The molecule has 146 valence electrons. The second-order valence-electron chi connectivity index (χ2n) is 5.90. The highest BCUT2D eigenvalue weighted by atomic mass is 32.2. The van der Waals surface area contributed by atoms with Gasteiger partial charge in [0.1, 0.15) is 22.5 Å². The molecule has 0 saturated carbocycles. The van der Waals surface area contributed by atoms with Crippen molar-refractivity contribution in [3.8, 4) is 5.75 Å². The number of rotatable bonds is 7. The number of furan rings is 1. The van der Waals surface area contributed by atoms with Crippen molar-refractivity contribution < 1.29 is 18.7 Å². The van der Waals surface area contributed by atoms with E-state index in [2.05, 4.69) is 20.8 Å². The number of nitrogens with one attached hydrogen (secondary N) is 2. The van der Waals surface area contributed by atoms with Gasteiger partial charge in [0.05, 0.1) is 12.8 Å². The number of hydrogen-bond acceptors (Lipinski definition) is 7. The topological polar surface area (TPSA) is 105 Å². The largest absolute Gasteiger partial charge is 0.494 e. The van der Waals surface area contributed by atoms with Crippen LogP contribution >= 0.6 is 11.8 Å². The lowest BCUT2D eigenvalue weighted by Crippen LogP contribution is -2.28. The minimum Gasteiger partial charge on any atom is -0.494 e. The van der Waals surface area contributed by atoms with Crippen molar-refractivity contribution in [1.29, 1.82) is 0 Å². The molecule has 0 spiro atoms. The van der Waals surface area contributed by atoms with Gasteiger partial charge in [-0.05, 0) is 50.2 Å². The van der Waals surface area contributed by atoms with Gasteiger partial charge in [-0.2, -0.15) is 5.10 Å². The Balaban J connectivity index is 1.51. The summed E-state index contributed by atoms with van der Waals surface area (Å²) in [4.78, 5) is 24.3. The van der Waals surface area contributed by atoms with Crippen LogP contribution in [0.1, 0.15) is 24.9 Å². The summed E-state index contributed by atoms with van der Waals surface area (Å²) in [7, 11) is 0. The van der Waals surface area contributed by atoms with Crippen molar-refractivity contribution in [1.82, 2.24) is 5.32 Å². The molecule has 28 heavy (non-hydrogen) atoms. The number of thioether (sulfide) groups is 1. The maximum absolute atomic E-state index is 12.2. The van der Waals surface area contributed by atoms with Crippen molar-refractivity contribution in [2.75, 3.05) is 11.9 Å². The Morgan fingerprint density at radius 1 is 1.32 bits per heavy atom. The van der Waals surface area contributed by atoms with Crippen LogP contribution in [0.2, 0.25) is 0 Å². The van der Waals surface area contributed by atoms with E-state index in [9.17, 15) is 9.59 Å². The van der Waals surface area contributed by atoms with Gasteiger partial charge >= 0.3 is 0 Å². The molecule has 2 N–H and O–H groups in total. The monoisotopic (exact) mass is 400 g/mol. The number of carbonyl (C=O) groups excluding carboxylic acids is 2. The summed E-state index contributed by atoms with van der Waals surface area (Å²) in [5.41, 5.74) is 0.643. The molecule has 1 aromatic carbocycles. The smallest absolute Gasteiger partial charge is 0.240 e. The summed E-state index contributed by atoms with van der Waals surface area (Å²) in [6.45, 7) is 4.31. The summed E-state index contributed by atoms with van der Waals surface area (Å²) in [5.74, 6) is 1.55. The SMILES string of the molecule is CCOc1ccc(NC(=O)CC2S/C(=N/N=C\c3ccc(C)o3)NC2=O)cc1. The van der Waals surface area contributed by atoms with Gasteiger partial charge in [0.2, 0.25) is 11.8 Å². The molecule has 3 rings (SSSR count). The molecule has 2 aromatic rings. The van der Waals surface area contributed by atoms with E-state index >= 15 is 0 Å². The maximum atomic E-state index is 12.2. The Morgan fingerprint density at radius 3 is 2.79 bits per heavy atom. The number of amides is 2. The molecule has 1 saturated heterocycles. The highest BCUT2D eigenvalue weighted by Gasteiger charge is 2.32. The molecule has 9 heteroatoms. The highest BCUT2D eigenvalue weighted by molar-refractivity contribution is 8.15. The Morgan fingerprint density at radius 2 is 2.11 bits per heavy atom. The van der Waals surface area contributed by atoms with Crippen LogP contribution < -0.4 is 15.4 Å². The zero-order valence-electron chi connectivity index (χ0n) is 15.5. The quantitative estimate of drug-likeness (QED) is 0.549. The van der Waals surface area contributed by atoms with Crippen LogP contribution in [0, 0.1) is 6.92 Å². The summed E-state index contributed by atoms with van der Waals surface area (Å²) in [6.07, 6.45) is 1.49. The second-order valence-corrected chi connectivity index (χ2v) is 7.10. The van der Waals surface area contributed by atoms with Crippen molar-refractivity contribution in [3.63, 3.8) is 0 Å². The van der Waals surface area contributed by atoms with Crippen LogP contribution in [0.5, 0.6) is 5.75 Å². The lowest BCUT2D eigenvalue weighted by atomic mass is 10.2. The first-order valence-electron chi connectivity index (χ1n) is 8.71. The average Bonchev–Trinajstić information content (AvgIpc) is 3.22. The summed E-state index contributed by atoms with van der Waals surface area (Å²) < 4.78 is 10.7. The van der Waals surface area contributed by atoms with Crippen LogP contribution in [0.25, 0.3) is 0 Å². The average molecular weight is 400 g/mol. The molecule has 0 aliphatic carbocycles. The third-order valence-electron chi connectivity index (χ3n) is 3.69. The van der Waals surface area contributed by atoms with Crippen molar-refractivity contribution >= 4 is 40.6 Å². The van der Waals surface area contributed by atoms with E-state index in [-0.39, 0.29) is 18.2 Å². The van der Waals surface area contributed by atoms with Gasteiger partial charge in [0.15, 0.2) is 5.17 Å². The van der Waals surface area contributed by atoms with Crippen LogP contribution in [0.3, 0.4) is 0 Å². The van der Waals surface area contributed by atoms with E-state index in [0.29, 0.717) is 23.2 Å². The standard InChI is InChI=1S/C19H20N4O4S/c1-3-26-14-8-5-13(6-9-14)21-17(24)10-16-18(25)22-19(28-16)23-20-11-15-7-4-12(2)27-15/h4-9,11,16H,3,10H2,1-2H3,(H,21,24)(H,22,23,25)/b20-11-. The second kappa shape index (κ2) is 9.23. The molecule has 1 unspecified atom stereocenters. The molecular formula is C19H20N4O4S. The first kappa shape index (κ1) is 19.7. The number of ether oxygens (including phenoxy) is 1. The molecule has 8 nitrogen and oxygen atoms in total. The van der Waals surface area contributed by atoms with E-state index in [1.54, 1.807) is 30.3 Å². The van der Waals surface area contributed by atoms with Crippen molar-refractivity contribution in [2.24, 2.45) is 10.2 Å². The summed E-state index contributed by atoms with van der Waals surface area (Å²) >= 11 is 1.17. The number of hydrogen-bond donors (Lipinski definition) is 2. The summed E-state index contributed by atoms with van der Waals surface area (Å²) in [5, 5.41) is 13.0. The number of nitrogens with zero attached hydrogens (tertiary/aromatic N) is 2. The number of benzene rings is 1. The molecule has 1 fully saturated rings. The molecular weight excluding hydrogens is 380 g/mol. The van der Waals surface area contributed by atoms with Crippen molar-refractivity contribution in [2.45, 2.75) is 25.5 Å². The first-order valence-corrected chi connectivity index (χ1v) is 9.59. The van der Waals surface area contributed by atoms with Crippen LogP contribution in [-0.4, -0.2) is 35.1 Å². The van der Waals surface area contributed by atoms with Gasteiger partial charge in [-0.1, -0.05) is 11.8 Å². The van der Waals surface area contributed by atoms with E-state index in [0.717, 1.165) is 11.5 Å².